The molecular weight excluding hydrogens is 248 g/mol. The minimum atomic E-state index is 0.0912. The van der Waals surface area contributed by atoms with Crippen LogP contribution < -0.4 is 4.90 Å². The lowest BCUT2D eigenvalue weighted by molar-refractivity contribution is 0.297. The van der Waals surface area contributed by atoms with E-state index >= 15 is 0 Å². The Morgan fingerprint density at radius 2 is 2.11 bits per heavy atom. The Bertz CT molecular complexity index is 450. The van der Waals surface area contributed by atoms with Crippen LogP contribution in [0.5, 0.6) is 0 Å². The molecule has 0 unspecified atom stereocenters. The second-order valence-electron chi connectivity index (χ2n) is 4.63. The molecule has 0 bridgehead atoms. The maximum atomic E-state index is 9.23. The van der Waals surface area contributed by atoms with Gasteiger partial charge in [0.15, 0.2) is 0 Å². The zero-order valence-electron chi connectivity index (χ0n) is 10.3. The summed E-state index contributed by atoms with van der Waals surface area (Å²) >= 11 is 6.03. The molecule has 1 aliphatic carbocycles. The van der Waals surface area contributed by atoms with Crippen molar-refractivity contribution in [2.75, 3.05) is 18.1 Å². The van der Waals surface area contributed by atoms with Crippen LogP contribution in [0.4, 0.5) is 5.69 Å². The molecule has 1 saturated carbocycles. The SMILES string of the molecule is N#Cc1ccc(Cl)cc1N(CCO)C1CCCC1. The topological polar surface area (TPSA) is 47.3 Å². The average molecular weight is 265 g/mol. The first-order valence-corrected chi connectivity index (χ1v) is 6.71. The van der Waals surface area contributed by atoms with Gasteiger partial charge in [0.1, 0.15) is 6.07 Å². The van der Waals surface area contributed by atoms with Crippen LogP contribution in [0.25, 0.3) is 0 Å². The first-order valence-electron chi connectivity index (χ1n) is 6.33. The summed E-state index contributed by atoms with van der Waals surface area (Å²) in [7, 11) is 0. The van der Waals surface area contributed by atoms with E-state index in [-0.39, 0.29) is 6.61 Å². The molecule has 1 N–H and O–H groups in total. The van der Waals surface area contributed by atoms with Crippen molar-refractivity contribution in [3.8, 4) is 6.07 Å². The maximum absolute atomic E-state index is 9.23. The van der Waals surface area contributed by atoms with Gasteiger partial charge in [-0.15, -0.1) is 0 Å². The molecule has 18 heavy (non-hydrogen) atoms. The molecule has 0 saturated heterocycles. The quantitative estimate of drug-likeness (QED) is 0.910. The molecule has 2 rings (SSSR count). The molecule has 0 amide bonds. The summed E-state index contributed by atoms with van der Waals surface area (Å²) in [6.45, 7) is 0.646. The molecule has 1 fully saturated rings. The van der Waals surface area contributed by atoms with Crippen LogP contribution in [0.3, 0.4) is 0 Å². The maximum Gasteiger partial charge on any atom is 0.101 e. The molecule has 0 radical (unpaired) electrons. The van der Waals surface area contributed by atoms with Crippen molar-refractivity contribution >= 4 is 17.3 Å². The fourth-order valence-electron chi connectivity index (χ4n) is 2.66. The molecule has 1 aromatic rings. The van der Waals surface area contributed by atoms with E-state index in [2.05, 4.69) is 11.0 Å². The Hall–Kier alpha value is -1.24. The van der Waals surface area contributed by atoms with Crippen LogP contribution >= 0.6 is 11.6 Å². The van der Waals surface area contributed by atoms with E-state index in [0.29, 0.717) is 23.2 Å². The van der Waals surface area contributed by atoms with Crippen molar-refractivity contribution in [1.82, 2.24) is 0 Å². The molecule has 0 spiro atoms. The van der Waals surface area contributed by atoms with E-state index in [1.165, 1.54) is 12.8 Å². The van der Waals surface area contributed by atoms with Gasteiger partial charge in [-0.1, -0.05) is 24.4 Å². The van der Waals surface area contributed by atoms with Gasteiger partial charge in [0, 0.05) is 17.6 Å². The second-order valence-corrected chi connectivity index (χ2v) is 5.06. The Morgan fingerprint density at radius 1 is 1.39 bits per heavy atom. The number of hydrogen-bond acceptors (Lipinski definition) is 3. The minimum absolute atomic E-state index is 0.0912. The summed E-state index contributed by atoms with van der Waals surface area (Å²) in [5.41, 5.74) is 1.48. The summed E-state index contributed by atoms with van der Waals surface area (Å²) in [5, 5.41) is 19.1. The lowest BCUT2D eigenvalue weighted by atomic mass is 10.1. The molecule has 0 heterocycles. The largest absolute Gasteiger partial charge is 0.395 e. The smallest absolute Gasteiger partial charge is 0.101 e. The van der Waals surface area contributed by atoms with Crippen molar-refractivity contribution in [3.63, 3.8) is 0 Å². The number of hydrogen-bond donors (Lipinski definition) is 1. The average Bonchev–Trinajstić information content (AvgIpc) is 2.89. The van der Waals surface area contributed by atoms with E-state index in [1.54, 1.807) is 12.1 Å². The highest BCUT2D eigenvalue weighted by molar-refractivity contribution is 6.30. The molecule has 0 aromatic heterocycles. The summed E-state index contributed by atoms with van der Waals surface area (Å²) in [6, 6.07) is 7.93. The van der Waals surface area contributed by atoms with Crippen molar-refractivity contribution in [2.24, 2.45) is 0 Å². The molecular formula is C14H17ClN2O. The van der Waals surface area contributed by atoms with E-state index in [0.717, 1.165) is 18.5 Å². The highest BCUT2D eigenvalue weighted by atomic mass is 35.5. The molecule has 0 atom stereocenters. The van der Waals surface area contributed by atoms with Crippen LogP contribution in [0.1, 0.15) is 31.2 Å². The first-order chi connectivity index (χ1) is 8.76. The van der Waals surface area contributed by atoms with E-state index in [9.17, 15) is 10.4 Å². The predicted octanol–water partition coefficient (Wildman–Crippen LogP) is 2.95. The zero-order chi connectivity index (χ0) is 13.0. The van der Waals surface area contributed by atoms with Crippen molar-refractivity contribution in [3.05, 3.63) is 28.8 Å². The van der Waals surface area contributed by atoms with Crippen LogP contribution in [0, 0.1) is 11.3 Å². The first kappa shape index (κ1) is 13.2. The number of anilines is 1. The number of aliphatic hydroxyl groups is 1. The fourth-order valence-corrected chi connectivity index (χ4v) is 2.83. The Labute approximate surface area is 113 Å². The van der Waals surface area contributed by atoms with Gasteiger partial charge in [-0.2, -0.15) is 5.26 Å². The van der Waals surface area contributed by atoms with Gasteiger partial charge in [-0.3, -0.25) is 0 Å². The lowest BCUT2D eigenvalue weighted by Gasteiger charge is -2.31. The summed E-state index contributed by atoms with van der Waals surface area (Å²) in [4.78, 5) is 2.14. The number of benzene rings is 1. The zero-order valence-corrected chi connectivity index (χ0v) is 11.0. The van der Waals surface area contributed by atoms with Crippen molar-refractivity contribution < 1.29 is 5.11 Å². The van der Waals surface area contributed by atoms with Crippen LogP contribution in [0.15, 0.2) is 18.2 Å². The van der Waals surface area contributed by atoms with Gasteiger partial charge in [0.05, 0.1) is 17.9 Å². The third-order valence-electron chi connectivity index (χ3n) is 3.50. The van der Waals surface area contributed by atoms with E-state index in [4.69, 9.17) is 11.6 Å². The van der Waals surface area contributed by atoms with Gasteiger partial charge >= 0.3 is 0 Å². The summed E-state index contributed by atoms with van der Waals surface area (Å²) in [5.74, 6) is 0. The minimum Gasteiger partial charge on any atom is -0.395 e. The van der Waals surface area contributed by atoms with Crippen LogP contribution in [0.2, 0.25) is 5.02 Å². The van der Waals surface area contributed by atoms with Gasteiger partial charge in [-0.25, -0.2) is 0 Å². The molecule has 1 aromatic carbocycles. The van der Waals surface area contributed by atoms with Gasteiger partial charge in [-0.05, 0) is 31.0 Å². The molecule has 3 nitrogen and oxygen atoms in total. The molecule has 1 aliphatic rings. The molecule has 0 aliphatic heterocycles. The van der Waals surface area contributed by atoms with Gasteiger partial charge in [0.25, 0.3) is 0 Å². The Balaban J connectivity index is 2.34. The van der Waals surface area contributed by atoms with Crippen LogP contribution in [-0.4, -0.2) is 24.3 Å². The van der Waals surface area contributed by atoms with E-state index in [1.807, 2.05) is 6.07 Å². The number of rotatable bonds is 4. The second kappa shape index (κ2) is 6.08. The predicted molar refractivity (Wildman–Crippen MR) is 72.9 cm³/mol. The highest BCUT2D eigenvalue weighted by Gasteiger charge is 2.24. The third kappa shape index (κ3) is 2.77. The Kier molecular flexibility index (Phi) is 4.46. The third-order valence-corrected chi connectivity index (χ3v) is 3.73. The highest BCUT2D eigenvalue weighted by Crippen LogP contribution is 2.31. The standard InChI is InChI=1S/C14H17ClN2O/c15-12-6-5-11(10-16)14(9-12)17(7-8-18)13-3-1-2-4-13/h5-6,9,13,18H,1-4,7-8H2. The Morgan fingerprint density at radius 3 is 2.72 bits per heavy atom. The number of halogens is 1. The van der Waals surface area contributed by atoms with Crippen molar-refractivity contribution in [1.29, 1.82) is 5.26 Å². The fraction of sp³-hybridized carbons (Fsp3) is 0.500. The molecule has 96 valence electrons. The van der Waals surface area contributed by atoms with Gasteiger partial charge in [0.2, 0.25) is 0 Å². The number of nitrogens with zero attached hydrogens (tertiary/aromatic N) is 2. The number of aliphatic hydroxyl groups excluding tert-OH is 1. The normalized spacial score (nSPS) is 15.6. The lowest BCUT2D eigenvalue weighted by Crippen LogP contribution is -2.36. The van der Waals surface area contributed by atoms with Crippen LogP contribution in [-0.2, 0) is 0 Å². The van der Waals surface area contributed by atoms with Gasteiger partial charge < -0.3 is 10.0 Å². The summed E-state index contributed by atoms with van der Waals surface area (Å²) in [6.07, 6.45) is 4.68. The van der Waals surface area contributed by atoms with Crippen molar-refractivity contribution in [2.45, 2.75) is 31.7 Å². The summed E-state index contributed by atoms with van der Waals surface area (Å²) < 4.78 is 0. The molecule has 4 heteroatoms. The van der Waals surface area contributed by atoms with E-state index < -0.39 is 0 Å². The number of nitriles is 1. The monoisotopic (exact) mass is 264 g/mol.